The van der Waals surface area contributed by atoms with Gasteiger partial charge in [-0.2, -0.15) is 0 Å². The highest BCUT2D eigenvalue weighted by Crippen LogP contribution is 2.32. The summed E-state index contributed by atoms with van der Waals surface area (Å²) < 4.78 is 0. The summed E-state index contributed by atoms with van der Waals surface area (Å²) in [4.78, 5) is 0. The number of unbranched alkanes of at least 4 members (excludes halogenated alkanes) is 4. The molecule has 0 bridgehead atoms. The van der Waals surface area contributed by atoms with Crippen LogP contribution >= 0.6 is 0 Å². The Bertz CT molecular complexity index is 301. The summed E-state index contributed by atoms with van der Waals surface area (Å²) in [7, 11) is 0. The molecule has 0 spiro atoms. The predicted molar refractivity (Wildman–Crippen MR) is 80.8 cm³/mol. The molecule has 2 N–H and O–H groups in total. The smallest absolute Gasteiger partial charge is 0.00729 e. The molecule has 0 aliphatic carbocycles. The van der Waals surface area contributed by atoms with Gasteiger partial charge in [-0.05, 0) is 18.4 Å². The van der Waals surface area contributed by atoms with Crippen molar-refractivity contribution in [2.75, 3.05) is 6.54 Å². The molecule has 1 aromatic rings. The third-order valence-corrected chi connectivity index (χ3v) is 4.21. The zero-order chi connectivity index (χ0) is 13.3. The highest BCUT2D eigenvalue weighted by Gasteiger charge is 2.27. The number of benzene rings is 1. The van der Waals surface area contributed by atoms with E-state index in [2.05, 4.69) is 44.2 Å². The molecular weight excluding hydrogens is 218 g/mol. The van der Waals surface area contributed by atoms with Crippen molar-refractivity contribution in [3.63, 3.8) is 0 Å². The molecule has 0 aliphatic heterocycles. The van der Waals surface area contributed by atoms with E-state index in [4.69, 9.17) is 5.73 Å². The lowest BCUT2D eigenvalue weighted by molar-refractivity contribution is 0.369. The van der Waals surface area contributed by atoms with Crippen molar-refractivity contribution in [1.29, 1.82) is 0 Å². The summed E-state index contributed by atoms with van der Waals surface area (Å²) in [6, 6.07) is 10.8. The summed E-state index contributed by atoms with van der Waals surface area (Å²) >= 11 is 0. The van der Waals surface area contributed by atoms with E-state index in [1.807, 2.05) is 0 Å². The molecule has 18 heavy (non-hydrogen) atoms. The first-order chi connectivity index (χ1) is 8.79. The van der Waals surface area contributed by atoms with Crippen LogP contribution in [0.5, 0.6) is 0 Å². The van der Waals surface area contributed by atoms with Crippen LogP contribution in [0.4, 0.5) is 0 Å². The number of nitrogens with two attached hydrogens (primary N) is 1. The fourth-order valence-electron chi connectivity index (χ4n) is 2.75. The Morgan fingerprint density at radius 3 is 2.17 bits per heavy atom. The van der Waals surface area contributed by atoms with Crippen LogP contribution in [0.3, 0.4) is 0 Å². The molecule has 1 unspecified atom stereocenters. The second kappa shape index (κ2) is 8.31. The summed E-state index contributed by atoms with van der Waals surface area (Å²) in [6.07, 6.45) is 9.08. The van der Waals surface area contributed by atoms with Gasteiger partial charge in [-0.1, -0.05) is 76.3 Å². The van der Waals surface area contributed by atoms with Crippen molar-refractivity contribution in [2.24, 2.45) is 5.73 Å². The van der Waals surface area contributed by atoms with Gasteiger partial charge in [0.15, 0.2) is 0 Å². The van der Waals surface area contributed by atoms with Gasteiger partial charge in [-0.3, -0.25) is 0 Å². The van der Waals surface area contributed by atoms with Gasteiger partial charge in [0.05, 0.1) is 0 Å². The Hall–Kier alpha value is -0.820. The van der Waals surface area contributed by atoms with Gasteiger partial charge in [0.2, 0.25) is 0 Å². The lowest BCUT2D eigenvalue weighted by Gasteiger charge is -2.32. The van der Waals surface area contributed by atoms with Crippen molar-refractivity contribution in [3.05, 3.63) is 35.9 Å². The Morgan fingerprint density at radius 2 is 1.61 bits per heavy atom. The summed E-state index contributed by atoms with van der Waals surface area (Å²) in [5.74, 6) is 0. The minimum atomic E-state index is 0.202. The van der Waals surface area contributed by atoms with Gasteiger partial charge in [0.25, 0.3) is 0 Å². The van der Waals surface area contributed by atoms with E-state index in [1.54, 1.807) is 0 Å². The molecule has 0 saturated heterocycles. The Labute approximate surface area is 113 Å². The molecule has 0 amide bonds. The molecule has 0 saturated carbocycles. The fraction of sp³-hybridized carbons (Fsp3) is 0.647. The largest absolute Gasteiger partial charge is 0.330 e. The first-order valence-corrected chi connectivity index (χ1v) is 7.54. The molecule has 1 heteroatoms. The minimum Gasteiger partial charge on any atom is -0.330 e. The molecule has 1 atom stereocenters. The van der Waals surface area contributed by atoms with Gasteiger partial charge in [0, 0.05) is 12.0 Å². The molecule has 0 radical (unpaired) electrons. The normalized spacial score (nSPS) is 14.4. The first-order valence-electron chi connectivity index (χ1n) is 7.54. The van der Waals surface area contributed by atoms with Crippen molar-refractivity contribution >= 4 is 0 Å². The molecule has 1 aromatic carbocycles. The molecule has 0 heterocycles. The van der Waals surface area contributed by atoms with E-state index >= 15 is 0 Å². The summed E-state index contributed by atoms with van der Waals surface area (Å²) in [6.45, 7) is 5.30. The Balaban J connectivity index is 2.58. The van der Waals surface area contributed by atoms with Crippen molar-refractivity contribution < 1.29 is 0 Å². The van der Waals surface area contributed by atoms with E-state index in [0.29, 0.717) is 0 Å². The Morgan fingerprint density at radius 1 is 0.944 bits per heavy atom. The molecule has 102 valence electrons. The number of rotatable bonds is 9. The third kappa shape index (κ3) is 4.13. The maximum Gasteiger partial charge on any atom is 0.00729 e. The predicted octanol–water partition coefficient (Wildman–Crippen LogP) is 4.65. The van der Waals surface area contributed by atoms with Crippen molar-refractivity contribution in [1.82, 2.24) is 0 Å². The number of hydrogen-bond donors (Lipinski definition) is 1. The molecule has 0 fully saturated rings. The van der Waals surface area contributed by atoms with Crippen molar-refractivity contribution in [2.45, 2.75) is 64.2 Å². The molecule has 0 aromatic heterocycles. The lowest BCUT2D eigenvalue weighted by Crippen LogP contribution is -2.34. The monoisotopic (exact) mass is 247 g/mol. The third-order valence-electron chi connectivity index (χ3n) is 4.21. The van der Waals surface area contributed by atoms with Gasteiger partial charge in [-0.25, -0.2) is 0 Å². The first kappa shape index (κ1) is 15.2. The molecular formula is C17H29N. The maximum atomic E-state index is 6.09. The standard InChI is InChI=1S/C17H29N/c1-3-5-6-7-11-14-17(4-2,15-18)16-12-9-8-10-13-16/h8-10,12-13H,3-7,11,14-15,18H2,1-2H3. The van der Waals surface area contributed by atoms with Gasteiger partial charge in [-0.15, -0.1) is 0 Å². The van der Waals surface area contributed by atoms with Crippen LogP contribution < -0.4 is 5.73 Å². The summed E-state index contributed by atoms with van der Waals surface area (Å²) in [5, 5.41) is 0. The average Bonchev–Trinajstić information content (AvgIpc) is 2.44. The average molecular weight is 247 g/mol. The van der Waals surface area contributed by atoms with Crippen LogP contribution in [0.2, 0.25) is 0 Å². The van der Waals surface area contributed by atoms with Crippen LogP contribution in [0.15, 0.2) is 30.3 Å². The minimum absolute atomic E-state index is 0.202. The van der Waals surface area contributed by atoms with Gasteiger partial charge in [0.1, 0.15) is 0 Å². The number of hydrogen-bond acceptors (Lipinski definition) is 1. The second-order valence-electron chi connectivity index (χ2n) is 5.37. The second-order valence-corrected chi connectivity index (χ2v) is 5.37. The van der Waals surface area contributed by atoms with Crippen LogP contribution in [0.1, 0.15) is 64.4 Å². The fourth-order valence-corrected chi connectivity index (χ4v) is 2.75. The highest BCUT2D eigenvalue weighted by atomic mass is 14.6. The Kier molecular flexibility index (Phi) is 7.04. The van der Waals surface area contributed by atoms with Crippen molar-refractivity contribution in [3.8, 4) is 0 Å². The topological polar surface area (TPSA) is 26.0 Å². The molecule has 1 nitrogen and oxygen atoms in total. The van der Waals surface area contributed by atoms with E-state index in [-0.39, 0.29) is 5.41 Å². The van der Waals surface area contributed by atoms with E-state index in [1.165, 1.54) is 44.1 Å². The van der Waals surface area contributed by atoms with Crippen LogP contribution in [0, 0.1) is 0 Å². The SMILES string of the molecule is CCCCCCCC(CC)(CN)c1ccccc1. The van der Waals surface area contributed by atoms with Gasteiger partial charge < -0.3 is 5.73 Å². The lowest BCUT2D eigenvalue weighted by atomic mass is 9.74. The van der Waals surface area contributed by atoms with Crippen LogP contribution in [0.25, 0.3) is 0 Å². The zero-order valence-corrected chi connectivity index (χ0v) is 12.1. The zero-order valence-electron chi connectivity index (χ0n) is 12.1. The quantitative estimate of drug-likeness (QED) is 0.631. The van der Waals surface area contributed by atoms with Crippen LogP contribution in [-0.4, -0.2) is 6.54 Å². The maximum absolute atomic E-state index is 6.09. The van der Waals surface area contributed by atoms with E-state index in [9.17, 15) is 0 Å². The van der Waals surface area contributed by atoms with Gasteiger partial charge >= 0.3 is 0 Å². The highest BCUT2D eigenvalue weighted by molar-refractivity contribution is 5.25. The van der Waals surface area contributed by atoms with E-state index in [0.717, 1.165) is 13.0 Å². The van der Waals surface area contributed by atoms with Crippen LogP contribution in [-0.2, 0) is 5.41 Å². The summed E-state index contributed by atoms with van der Waals surface area (Å²) in [5.41, 5.74) is 7.71. The molecule has 0 aliphatic rings. The van der Waals surface area contributed by atoms with E-state index < -0.39 is 0 Å². The molecule has 1 rings (SSSR count).